The maximum Gasteiger partial charge on any atom is 0.337 e. The Kier molecular flexibility index (Phi) is 4.67. The summed E-state index contributed by atoms with van der Waals surface area (Å²) in [6.45, 7) is 5.22. The molecule has 0 aromatic heterocycles. The lowest BCUT2D eigenvalue weighted by Gasteiger charge is -2.63. The summed E-state index contributed by atoms with van der Waals surface area (Å²) in [4.78, 5) is 24.0. The summed E-state index contributed by atoms with van der Waals surface area (Å²) in [5.74, 6) is -2.55. The van der Waals surface area contributed by atoms with E-state index in [0.717, 1.165) is 7.11 Å². The molecular formula is C23H31FO6. The second kappa shape index (κ2) is 6.47. The zero-order valence-corrected chi connectivity index (χ0v) is 17.9. The fourth-order valence-electron chi connectivity index (χ4n) is 7.45. The SMILES string of the molecule is COC(=O)[C@@H](O)[C@@]1(O)[C@H](C)C[C@H]2[C@@H]3CCC4=CC(=O)C=C[C@]4(C)[C@@]3(F)[C@@H](O)C[C@@]21C. The summed E-state index contributed by atoms with van der Waals surface area (Å²) in [7, 11) is 1.14. The van der Waals surface area contributed by atoms with Gasteiger partial charge in [-0.15, -0.1) is 0 Å². The van der Waals surface area contributed by atoms with Gasteiger partial charge in [0.15, 0.2) is 17.6 Å². The highest BCUT2D eigenvalue weighted by Gasteiger charge is 2.76. The van der Waals surface area contributed by atoms with E-state index in [0.29, 0.717) is 24.8 Å². The molecule has 0 amide bonds. The fourth-order valence-corrected chi connectivity index (χ4v) is 7.45. The summed E-state index contributed by atoms with van der Waals surface area (Å²) < 4.78 is 21.7. The summed E-state index contributed by atoms with van der Waals surface area (Å²) in [5, 5.41) is 33.6. The Morgan fingerprint density at radius 2 is 2.00 bits per heavy atom. The van der Waals surface area contributed by atoms with E-state index in [4.69, 9.17) is 0 Å². The van der Waals surface area contributed by atoms with Gasteiger partial charge in [-0.25, -0.2) is 9.18 Å². The number of aliphatic hydroxyl groups excluding tert-OH is 2. The summed E-state index contributed by atoms with van der Waals surface area (Å²) in [6.07, 6.45) is 2.46. The van der Waals surface area contributed by atoms with Gasteiger partial charge in [-0.2, -0.15) is 0 Å². The van der Waals surface area contributed by atoms with Gasteiger partial charge in [0.2, 0.25) is 0 Å². The number of halogens is 1. The van der Waals surface area contributed by atoms with Crippen LogP contribution in [-0.2, 0) is 14.3 Å². The number of esters is 1. The molecule has 166 valence electrons. The van der Waals surface area contributed by atoms with Crippen LogP contribution in [0.1, 0.15) is 46.5 Å². The zero-order valence-electron chi connectivity index (χ0n) is 17.9. The third-order valence-electron chi connectivity index (χ3n) is 9.15. The quantitative estimate of drug-likeness (QED) is 0.587. The van der Waals surface area contributed by atoms with Crippen molar-refractivity contribution in [1.82, 2.24) is 0 Å². The van der Waals surface area contributed by atoms with Crippen LogP contribution in [0.15, 0.2) is 23.8 Å². The molecule has 4 aliphatic rings. The third kappa shape index (κ3) is 2.29. The van der Waals surface area contributed by atoms with Crippen molar-refractivity contribution in [2.45, 2.75) is 69.9 Å². The first-order valence-electron chi connectivity index (χ1n) is 10.7. The monoisotopic (exact) mass is 422 g/mol. The van der Waals surface area contributed by atoms with Gasteiger partial charge in [0.25, 0.3) is 0 Å². The normalized spacial score (nSPS) is 50.8. The van der Waals surface area contributed by atoms with Gasteiger partial charge in [-0.05, 0) is 56.6 Å². The highest BCUT2D eigenvalue weighted by atomic mass is 19.1. The molecule has 0 bridgehead atoms. The van der Waals surface area contributed by atoms with Crippen LogP contribution in [-0.4, -0.2) is 57.7 Å². The molecule has 4 aliphatic carbocycles. The maximum atomic E-state index is 17.0. The van der Waals surface area contributed by atoms with E-state index >= 15 is 4.39 Å². The average Bonchev–Trinajstić information content (AvgIpc) is 2.90. The second-order valence-corrected chi connectivity index (χ2v) is 10.2. The standard InChI is InChI=1S/C23H31FO6/c1-12-9-16-15-6-5-13-10-14(25)7-8-20(13,2)22(15,24)17(26)11-21(16,3)23(12,29)18(27)19(28)30-4/h7-8,10,12,15-18,26-27,29H,5-6,9,11H2,1-4H3/t12-,15+,16+,17+,18-,20+,21+,22+,23+/m1/s1. The number of carbonyl (C=O) groups is 2. The van der Waals surface area contributed by atoms with Crippen molar-refractivity contribution in [3.63, 3.8) is 0 Å². The van der Waals surface area contributed by atoms with Crippen LogP contribution < -0.4 is 0 Å². The Morgan fingerprint density at radius 1 is 1.33 bits per heavy atom. The van der Waals surface area contributed by atoms with E-state index in [1.165, 1.54) is 12.2 Å². The predicted octanol–water partition coefficient (Wildman–Crippen LogP) is 1.87. The molecule has 6 nitrogen and oxygen atoms in total. The van der Waals surface area contributed by atoms with Crippen LogP contribution >= 0.6 is 0 Å². The van der Waals surface area contributed by atoms with Crippen LogP contribution in [0.3, 0.4) is 0 Å². The topological polar surface area (TPSA) is 104 Å². The fraction of sp³-hybridized carbons (Fsp3) is 0.739. The number of carbonyl (C=O) groups excluding carboxylic acids is 2. The molecule has 0 aromatic rings. The van der Waals surface area contributed by atoms with Crippen molar-refractivity contribution in [2.24, 2.45) is 28.6 Å². The van der Waals surface area contributed by atoms with E-state index in [1.807, 2.05) is 0 Å². The number of aliphatic hydroxyl groups is 3. The minimum atomic E-state index is -2.01. The first kappa shape index (κ1) is 21.7. The Labute approximate surface area is 175 Å². The third-order valence-corrected chi connectivity index (χ3v) is 9.15. The lowest BCUT2D eigenvalue weighted by atomic mass is 9.44. The number of methoxy groups -OCH3 is 1. The molecule has 0 saturated heterocycles. The van der Waals surface area contributed by atoms with E-state index in [1.54, 1.807) is 26.8 Å². The number of alkyl halides is 1. The van der Waals surface area contributed by atoms with Gasteiger partial charge in [0.1, 0.15) is 5.60 Å². The van der Waals surface area contributed by atoms with Gasteiger partial charge >= 0.3 is 5.97 Å². The largest absolute Gasteiger partial charge is 0.467 e. The zero-order chi connectivity index (χ0) is 22.3. The molecule has 0 heterocycles. The van der Waals surface area contributed by atoms with Crippen LogP contribution in [0.4, 0.5) is 4.39 Å². The Morgan fingerprint density at radius 3 is 2.63 bits per heavy atom. The Balaban J connectivity index is 1.81. The first-order chi connectivity index (χ1) is 13.9. The minimum absolute atomic E-state index is 0.107. The van der Waals surface area contributed by atoms with E-state index in [-0.39, 0.29) is 18.1 Å². The minimum Gasteiger partial charge on any atom is -0.467 e. The predicted molar refractivity (Wildman–Crippen MR) is 106 cm³/mol. The van der Waals surface area contributed by atoms with Gasteiger partial charge in [-0.3, -0.25) is 4.79 Å². The van der Waals surface area contributed by atoms with Crippen LogP contribution in [0, 0.1) is 28.6 Å². The lowest BCUT2D eigenvalue weighted by Crippen LogP contribution is -2.70. The maximum absolute atomic E-state index is 17.0. The average molecular weight is 422 g/mol. The van der Waals surface area contributed by atoms with Crippen molar-refractivity contribution in [3.05, 3.63) is 23.8 Å². The second-order valence-electron chi connectivity index (χ2n) is 10.2. The van der Waals surface area contributed by atoms with Gasteiger partial charge in [0, 0.05) is 16.7 Å². The summed E-state index contributed by atoms with van der Waals surface area (Å²) in [5.41, 5.74) is -5.37. The van der Waals surface area contributed by atoms with Crippen molar-refractivity contribution in [3.8, 4) is 0 Å². The molecule has 0 aliphatic heterocycles. The number of allylic oxidation sites excluding steroid dienone is 4. The highest BCUT2D eigenvalue weighted by molar-refractivity contribution is 6.01. The van der Waals surface area contributed by atoms with Crippen molar-refractivity contribution < 1.29 is 34.0 Å². The molecule has 7 heteroatoms. The van der Waals surface area contributed by atoms with Gasteiger partial charge in [0.05, 0.1) is 13.2 Å². The van der Waals surface area contributed by atoms with Crippen LogP contribution in [0.25, 0.3) is 0 Å². The van der Waals surface area contributed by atoms with Crippen molar-refractivity contribution >= 4 is 11.8 Å². The number of hydrogen-bond acceptors (Lipinski definition) is 6. The highest BCUT2D eigenvalue weighted by Crippen LogP contribution is 2.71. The molecule has 9 atom stereocenters. The first-order valence-corrected chi connectivity index (χ1v) is 10.7. The van der Waals surface area contributed by atoms with Gasteiger partial charge < -0.3 is 20.1 Å². The molecule has 3 N–H and O–H groups in total. The lowest BCUT2D eigenvalue weighted by molar-refractivity contribution is -0.241. The Bertz CT molecular complexity index is 853. The van der Waals surface area contributed by atoms with Crippen molar-refractivity contribution in [1.29, 1.82) is 0 Å². The van der Waals surface area contributed by atoms with E-state index in [9.17, 15) is 24.9 Å². The summed E-state index contributed by atoms with van der Waals surface area (Å²) in [6, 6.07) is 0. The summed E-state index contributed by atoms with van der Waals surface area (Å²) >= 11 is 0. The number of ether oxygens (including phenoxy) is 1. The van der Waals surface area contributed by atoms with E-state index < -0.39 is 52.1 Å². The van der Waals surface area contributed by atoms with Crippen molar-refractivity contribution in [2.75, 3.05) is 7.11 Å². The molecule has 3 fully saturated rings. The molecular weight excluding hydrogens is 391 g/mol. The smallest absolute Gasteiger partial charge is 0.337 e. The number of ketones is 1. The number of fused-ring (bicyclic) bond motifs is 5. The number of rotatable bonds is 2. The molecule has 4 rings (SSSR count). The van der Waals surface area contributed by atoms with Crippen LogP contribution in [0.2, 0.25) is 0 Å². The molecule has 0 unspecified atom stereocenters. The molecule has 30 heavy (non-hydrogen) atoms. The molecule has 0 spiro atoms. The van der Waals surface area contributed by atoms with E-state index in [2.05, 4.69) is 4.74 Å². The molecule has 3 saturated carbocycles. The molecule has 0 aromatic carbocycles. The number of hydrogen-bond donors (Lipinski definition) is 3. The Hall–Kier alpha value is -1.57. The van der Waals surface area contributed by atoms with Gasteiger partial charge in [-0.1, -0.05) is 25.5 Å². The molecule has 0 radical (unpaired) electrons. The van der Waals surface area contributed by atoms with Crippen LogP contribution in [0.5, 0.6) is 0 Å².